The van der Waals surface area contributed by atoms with Crippen LogP contribution < -0.4 is 0 Å². The van der Waals surface area contributed by atoms with Gasteiger partial charge in [-0.3, -0.25) is 9.78 Å². The Morgan fingerprint density at radius 1 is 0.857 bits per heavy atom. The predicted molar refractivity (Wildman–Crippen MR) is 192 cm³/mol. The molecule has 7 rings (SSSR count). The van der Waals surface area contributed by atoms with Crippen molar-refractivity contribution in [2.24, 2.45) is 11.8 Å². The van der Waals surface area contributed by atoms with Gasteiger partial charge in [-0.2, -0.15) is 0 Å². The van der Waals surface area contributed by atoms with Crippen LogP contribution in [0.1, 0.15) is 78.5 Å². The van der Waals surface area contributed by atoms with Crippen molar-refractivity contribution in [3.63, 3.8) is 0 Å². The number of para-hydroxylation sites is 1. The second-order valence-corrected chi connectivity index (χ2v) is 13.3. The van der Waals surface area contributed by atoms with Crippen molar-refractivity contribution < 1.29 is 38.8 Å². The number of allylic oxidation sites excluding steroid dienone is 2. The number of nitrogens with zero attached hydrogens (tertiary/aromatic N) is 2. The second-order valence-electron chi connectivity index (χ2n) is 13.3. The molecule has 49 heavy (non-hydrogen) atoms. The van der Waals surface area contributed by atoms with Gasteiger partial charge in [0.1, 0.15) is 0 Å². The smallest absolute Gasteiger partial charge is 0.162 e. The standard InChI is InChI=1S/C29H17F2N2.C13H24O2.Ir/c1-29(2)22-13-20-17(8-7-15-12-23(30)24(31)14-19(15)20)18-9-10-32-27(26(18)22)21-11-16-5-3-4-6-25(16)33-28(21)29;1-5-10(6-2)12(14)9-13(15)11(7-3)8-4;/h3-10,12-14H,1-2H3;9-11,14H,5-8H2,1-4H3;/q-1;;/b;12-9-;. The van der Waals surface area contributed by atoms with Crippen LogP contribution >= 0.6 is 0 Å². The zero-order valence-corrected chi connectivity index (χ0v) is 31.1. The first kappa shape index (κ1) is 36.2. The zero-order chi connectivity index (χ0) is 34.3. The Bertz CT molecular complexity index is 2240. The van der Waals surface area contributed by atoms with Crippen LogP contribution in [0.2, 0.25) is 0 Å². The van der Waals surface area contributed by atoms with E-state index in [9.17, 15) is 18.7 Å². The summed E-state index contributed by atoms with van der Waals surface area (Å²) in [5.41, 5.74) is 4.25. The fourth-order valence-corrected chi connectivity index (χ4v) is 7.17. The monoisotopic (exact) mass is 836 g/mol. The fourth-order valence-electron chi connectivity index (χ4n) is 7.17. The summed E-state index contributed by atoms with van der Waals surface area (Å²) < 4.78 is 28.2. The van der Waals surface area contributed by atoms with Crippen molar-refractivity contribution >= 4 is 49.0 Å². The summed E-state index contributed by atoms with van der Waals surface area (Å²) in [7, 11) is 0. The first-order chi connectivity index (χ1) is 23.0. The van der Waals surface area contributed by atoms with Crippen molar-refractivity contribution in [3.05, 3.63) is 108 Å². The Labute approximate surface area is 300 Å². The average molecular weight is 836 g/mol. The molecule has 7 heteroatoms. The van der Waals surface area contributed by atoms with E-state index in [1.807, 2.05) is 76.4 Å². The number of hydrogen-bond donors (Lipinski definition) is 1. The van der Waals surface area contributed by atoms with Gasteiger partial charge >= 0.3 is 0 Å². The molecule has 1 aliphatic rings. The molecule has 0 bridgehead atoms. The summed E-state index contributed by atoms with van der Waals surface area (Å²) in [4.78, 5) is 21.5. The van der Waals surface area contributed by atoms with Gasteiger partial charge in [0, 0.05) is 55.3 Å². The first-order valence-corrected chi connectivity index (χ1v) is 16.9. The van der Waals surface area contributed by atoms with Gasteiger partial charge in [-0.1, -0.05) is 88.9 Å². The molecule has 0 saturated carbocycles. The molecule has 2 heterocycles. The van der Waals surface area contributed by atoms with E-state index in [1.54, 1.807) is 0 Å². The van der Waals surface area contributed by atoms with E-state index >= 15 is 0 Å². The maximum atomic E-state index is 14.2. The molecule has 6 aromatic rings. The Kier molecular flexibility index (Phi) is 10.7. The molecule has 2 aromatic heterocycles. The van der Waals surface area contributed by atoms with Gasteiger partial charge in [0.25, 0.3) is 0 Å². The molecule has 0 unspecified atom stereocenters. The number of carbonyl (C=O) groups is 1. The number of ketones is 1. The van der Waals surface area contributed by atoms with Crippen LogP contribution in [-0.4, -0.2) is 20.9 Å². The first-order valence-electron chi connectivity index (χ1n) is 16.9. The van der Waals surface area contributed by atoms with Gasteiger partial charge < -0.3 is 10.1 Å². The maximum absolute atomic E-state index is 14.2. The van der Waals surface area contributed by atoms with Crippen LogP contribution in [0.25, 0.3) is 54.5 Å². The molecule has 1 aliphatic carbocycles. The van der Waals surface area contributed by atoms with Gasteiger partial charge in [-0.15, -0.1) is 12.1 Å². The van der Waals surface area contributed by atoms with E-state index in [-0.39, 0.29) is 43.5 Å². The molecule has 4 nitrogen and oxygen atoms in total. The van der Waals surface area contributed by atoms with Crippen molar-refractivity contribution in [2.45, 2.75) is 72.6 Å². The number of aromatic nitrogens is 2. The summed E-state index contributed by atoms with van der Waals surface area (Å²) in [5.74, 6) is -1.13. The minimum absolute atomic E-state index is 0. The Morgan fingerprint density at radius 3 is 2.22 bits per heavy atom. The average Bonchev–Trinajstić information content (AvgIpc) is 3.08. The molecule has 1 N–H and O–H groups in total. The Hall–Kier alpha value is -4.06. The molecule has 0 fully saturated rings. The van der Waals surface area contributed by atoms with Gasteiger partial charge in [-0.05, 0) is 93.0 Å². The van der Waals surface area contributed by atoms with Crippen LogP contribution in [0, 0.1) is 29.5 Å². The van der Waals surface area contributed by atoms with E-state index < -0.39 is 17.0 Å². The van der Waals surface area contributed by atoms with Crippen molar-refractivity contribution in [1.29, 1.82) is 0 Å². The molecule has 255 valence electrons. The molecular formula is C42H41F2IrN2O2-. The van der Waals surface area contributed by atoms with Crippen LogP contribution in [0.5, 0.6) is 0 Å². The van der Waals surface area contributed by atoms with Crippen LogP contribution in [0.4, 0.5) is 8.78 Å². The zero-order valence-electron chi connectivity index (χ0n) is 28.8. The normalized spacial score (nSPS) is 13.5. The largest absolute Gasteiger partial charge is 0.512 e. The van der Waals surface area contributed by atoms with Crippen LogP contribution in [0.15, 0.2) is 78.7 Å². The molecular weight excluding hydrogens is 795 g/mol. The van der Waals surface area contributed by atoms with Gasteiger partial charge in [0.05, 0.1) is 5.76 Å². The molecule has 0 amide bonds. The number of pyridine rings is 2. The summed E-state index contributed by atoms with van der Waals surface area (Å²) >= 11 is 0. The van der Waals surface area contributed by atoms with Gasteiger partial charge in [-0.25, -0.2) is 8.78 Å². The van der Waals surface area contributed by atoms with E-state index in [1.165, 1.54) is 18.2 Å². The minimum atomic E-state index is -0.841. The number of halogens is 2. The number of hydrogen-bond acceptors (Lipinski definition) is 4. The topological polar surface area (TPSA) is 63.1 Å². The van der Waals surface area contributed by atoms with Crippen molar-refractivity contribution in [1.82, 2.24) is 9.97 Å². The number of aliphatic hydroxyl groups is 1. The number of fused-ring (bicyclic) bond motifs is 7. The van der Waals surface area contributed by atoms with Crippen LogP contribution in [0.3, 0.4) is 0 Å². The van der Waals surface area contributed by atoms with Crippen LogP contribution in [-0.2, 0) is 30.3 Å². The van der Waals surface area contributed by atoms with E-state index in [0.29, 0.717) is 10.8 Å². The van der Waals surface area contributed by atoms with Gasteiger partial charge in [0.15, 0.2) is 17.4 Å². The maximum Gasteiger partial charge on any atom is 0.162 e. The third-order valence-corrected chi connectivity index (χ3v) is 10.1. The predicted octanol–water partition coefficient (Wildman–Crippen LogP) is 11.3. The number of rotatable bonds is 7. The quantitative estimate of drug-likeness (QED) is 0.0753. The number of aliphatic hydroxyl groups excluding tert-OH is 1. The SMILES string of the molecule is CC1(C)c2nc3ccccc3[c-]c2-c2nccc3c2c1cc1c2cc(F)c(F)cc2ccc31.CCC(CC)C(=O)/C=C(\O)C(CC)CC.[Ir]. The minimum Gasteiger partial charge on any atom is -0.512 e. The van der Waals surface area contributed by atoms with E-state index in [0.717, 1.165) is 80.6 Å². The molecule has 4 aromatic carbocycles. The molecule has 0 aliphatic heterocycles. The molecule has 0 saturated heterocycles. The summed E-state index contributed by atoms with van der Waals surface area (Å²) in [5, 5.41) is 16.1. The van der Waals surface area contributed by atoms with E-state index in [2.05, 4.69) is 26.0 Å². The van der Waals surface area contributed by atoms with Gasteiger partial charge in [0.2, 0.25) is 0 Å². The summed E-state index contributed by atoms with van der Waals surface area (Å²) in [6, 6.07) is 22.1. The third kappa shape index (κ3) is 6.39. The Balaban J connectivity index is 0.000000252. The second kappa shape index (κ2) is 14.4. The van der Waals surface area contributed by atoms with Crippen molar-refractivity contribution in [3.8, 4) is 11.3 Å². The third-order valence-electron chi connectivity index (χ3n) is 10.1. The summed E-state index contributed by atoms with van der Waals surface area (Å²) in [6.45, 7) is 12.4. The number of benzene rings is 4. The Morgan fingerprint density at radius 2 is 1.53 bits per heavy atom. The number of carbonyl (C=O) groups excluding carboxylic acids is 1. The summed E-state index contributed by atoms with van der Waals surface area (Å²) in [6.07, 6.45) is 6.71. The van der Waals surface area contributed by atoms with Crippen molar-refractivity contribution in [2.75, 3.05) is 0 Å². The molecule has 0 atom stereocenters. The molecule has 0 spiro atoms. The van der Waals surface area contributed by atoms with E-state index in [4.69, 9.17) is 9.97 Å². The fraction of sp³-hybridized carbons (Fsp3) is 0.310. The molecule has 1 radical (unpaired) electrons.